The molecule has 1 aromatic carbocycles. The van der Waals surface area contributed by atoms with Crippen molar-refractivity contribution in [3.63, 3.8) is 0 Å². The molecule has 30 heavy (non-hydrogen) atoms. The van der Waals surface area contributed by atoms with Gasteiger partial charge < -0.3 is 14.1 Å². The molecular formula is C21H17BrF3NO4. The van der Waals surface area contributed by atoms with Gasteiger partial charge in [-0.1, -0.05) is 30.4 Å². The van der Waals surface area contributed by atoms with Gasteiger partial charge >= 0.3 is 12.1 Å². The molecule has 1 aliphatic rings. The van der Waals surface area contributed by atoms with E-state index in [1.165, 1.54) is 42.4 Å². The first-order chi connectivity index (χ1) is 14.2. The lowest BCUT2D eigenvalue weighted by Crippen LogP contribution is -2.34. The lowest BCUT2D eigenvalue weighted by molar-refractivity contribution is -0.160. The summed E-state index contributed by atoms with van der Waals surface area (Å²) in [4.78, 5) is 26.6. The van der Waals surface area contributed by atoms with Crippen LogP contribution in [0.25, 0.3) is 0 Å². The largest absolute Gasteiger partial charge is 0.465 e. The number of halogens is 4. The molecule has 1 aromatic heterocycles. The number of furan rings is 1. The standard InChI is InChI=1S/C21H17BrF3NO4/c1-29-20(28)15-7-2-3-8-16(15)26(19(27)17-9-10-18(22)30-17)12-13-5-4-6-14(11-13)21(23,24)25/h2-5,7-11,14H,6,12H2,1H3. The van der Waals surface area contributed by atoms with E-state index in [1.807, 2.05) is 0 Å². The second kappa shape index (κ2) is 8.91. The van der Waals surface area contributed by atoms with E-state index in [0.29, 0.717) is 10.2 Å². The van der Waals surface area contributed by atoms with E-state index in [-0.39, 0.29) is 30.0 Å². The van der Waals surface area contributed by atoms with Gasteiger partial charge in [-0.15, -0.1) is 0 Å². The van der Waals surface area contributed by atoms with Gasteiger partial charge in [0.1, 0.15) is 0 Å². The number of hydrogen-bond donors (Lipinski definition) is 0. The fourth-order valence-electron chi connectivity index (χ4n) is 3.08. The van der Waals surface area contributed by atoms with E-state index in [4.69, 9.17) is 9.15 Å². The van der Waals surface area contributed by atoms with Crippen molar-refractivity contribution in [2.45, 2.75) is 12.6 Å². The SMILES string of the molecule is COC(=O)c1ccccc1N(CC1=CC(C(F)(F)F)CC=C1)C(=O)c1ccc(Br)o1. The lowest BCUT2D eigenvalue weighted by atomic mass is 9.95. The number of allylic oxidation sites excluding steroid dienone is 2. The molecule has 1 atom stereocenters. The number of carbonyl (C=O) groups excluding carboxylic acids is 2. The van der Waals surface area contributed by atoms with Crippen LogP contribution in [-0.2, 0) is 4.74 Å². The number of ether oxygens (including phenoxy) is 1. The molecule has 0 radical (unpaired) electrons. The summed E-state index contributed by atoms with van der Waals surface area (Å²) in [5, 5.41) is 0. The monoisotopic (exact) mass is 483 g/mol. The van der Waals surface area contributed by atoms with Crippen molar-refractivity contribution in [3.8, 4) is 0 Å². The normalized spacial score (nSPS) is 16.2. The third kappa shape index (κ3) is 4.84. The summed E-state index contributed by atoms with van der Waals surface area (Å²) in [5.74, 6) is -2.96. The minimum Gasteiger partial charge on any atom is -0.465 e. The van der Waals surface area contributed by atoms with Crippen LogP contribution in [0, 0.1) is 5.92 Å². The molecule has 0 spiro atoms. The second-order valence-corrected chi connectivity index (χ2v) is 7.31. The van der Waals surface area contributed by atoms with E-state index in [9.17, 15) is 22.8 Å². The number of esters is 1. The quantitative estimate of drug-likeness (QED) is 0.523. The summed E-state index contributed by atoms with van der Waals surface area (Å²) in [6, 6.07) is 9.17. The Kier molecular flexibility index (Phi) is 6.50. The van der Waals surface area contributed by atoms with Gasteiger partial charge in [-0.25, -0.2) is 4.79 Å². The van der Waals surface area contributed by atoms with Crippen LogP contribution in [0.1, 0.15) is 27.3 Å². The zero-order valence-electron chi connectivity index (χ0n) is 15.8. The van der Waals surface area contributed by atoms with Crippen molar-refractivity contribution in [2.75, 3.05) is 18.6 Å². The van der Waals surface area contributed by atoms with Crippen LogP contribution < -0.4 is 4.90 Å². The summed E-state index contributed by atoms with van der Waals surface area (Å²) in [5.41, 5.74) is 0.597. The summed E-state index contributed by atoms with van der Waals surface area (Å²) >= 11 is 3.12. The smallest absolute Gasteiger partial charge is 0.395 e. The minimum atomic E-state index is -4.39. The van der Waals surface area contributed by atoms with E-state index in [1.54, 1.807) is 18.2 Å². The molecule has 0 saturated heterocycles. The van der Waals surface area contributed by atoms with Crippen molar-refractivity contribution in [3.05, 3.63) is 76.2 Å². The van der Waals surface area contributed by atoms with E-state index >= 15 is 0 Å². The van der Waals surface area contributed by atoms with Crippen molar-refractivity contribution >= 4 is 33.5 Å². The summed E-state index contributed by atoms with van der Waals surface area (Å²) < 4.78 is 50.0. The van der Waals surface area contributed by atoms with Crippen molar-refractivity contribution in [1.82, 2.24) is 0 Å². The number of methoxy groups -OCH3 is 1. The molecule has 158 valence electrons. The number of alkyl halides is 3. The first-order valence-electron chi connectivity index (χ1n) is 8.89. The number of hydrogen-bond acceptors (Lipinski definition) is 4. The second-order valence-electron chi connectivity index (χ2n) is 6.53. The third-order valence-electron chi connectivity index (χ3n) is 4.53. The predicted octanol–water partition coefficient (Wildman–Crippen LogP) is 5.54. The van der Waals surface area contributed by atoms with Crippen LogP contribution >= 0.6 is 15.9 Å². The molecule has 9 heteroatoms. The zero-order valence-corrected chi connectivity index (χ0v) is 17.4. The van der Waals surface area contributed by atoms with E-state index < -0.39 is 24.0 Å². The molecule has 0 saturated carbocycles. The number of carbonyl (C=O) groups is 2. The number of para-hydroxylation sites is 1. The van der Waals surface area contributed by atoms with E-state index in [0.717, 1.165) is 6.08 Å². The summed E-state index contributed by atoms with van der Waals surface area (Å²) in [6.07, 6.45) is -0.488. The first kappa shape index (κ1) is 21.9. The summed E-state index contributed by atoms with van der Waals surface area (Å²) in [7, 11) is 1.20. The lowest BCUT2D eigenvalue weighted by Gasteiger charge is -2.26. The molecule has 5 nitrogen and oxygen atoms in total. The zero-order chi connectivity index (χ0) is 21.9. The van der Waals surface area contributed by atoms with Gasteiger partial charge in [0.25, 0.3) is 5.91 Å². The third-order valence-corrected chi connectivity index (χ3v) is 4.95. The van der Waals surface area contributed by atoms with Crippen molar-refractivity contribution in [2.24, 2.45) is 5.92 Å². The van der Waals surface area contributed by atoms with Gasteiger partial charge in [0.05, 0.1) is 30.8 Å². The molecule has 1 heterocycles. The van der Waals surface area contributed by atoms with Gasteiger partial charge in [-0.2, -0.15) is 13.2 Å². The van der Waals surface area contributed by atoms with Crippen molar-refractivity contribution < 1.29 is 31.9 Å². The minimum absolute atomic E-state index is 0.0331. The fraction of sp³-hybridized carbons (Fsp3) is 0.238. The number of nitrogens with zero attached hydrogens (tertiary/aromatic N) is 1. The Labute approximate surface area is 178 Å². The van der Waals surface area contributed by atoms with Crippen LogP contribution in [0.15, 0.2) is 69.3 Å². The Balaban J connectivity index is 2.03. The first-order valence-corrected chi connectivity index (χ1v) is 9.68. The maximum atomic E-state index is 13.2. The molecule has 0 bridgehead atoms. The highest BCUT2D eigenvalue weighted by atomic mass is 79.9. The van der Waals surface area contributed by atoms with Gasteiger partial charge in [0.15, 0.2) is 10.4 Å². The Morgan fingerprint density at radius 1 is 1.23 bits per heavy atom. The van der Waals surface area contributed by atoms with Gasteiger partial charge in [0, 0.05) is 0 Å². The molecule has 0 aliphatic heterocycles. The van der Waals surface area contributed by atoms with Crippen LogP contribution in [0.5, 0.6) is 0 Å². The highest BCUT2D eigenvalue weighted by Gasteiger charge is 2.38. The van der Waals surface area contributed by atoms with Crippen LogP contribution in [0.3, 0.4) is 0 Å². The van der Waals surface area contributed by atoms with Gasteiger partial charge in [-0.3, -0.25) is 4.79 Å². The number of amides is 1. The number of anilines is 1. The van der Waals surface area contributed by atoms with Gasteiger partial charge in [0.2, 0.25) is 0 Å². The average molecular weight is 484 g/mol. The molecular weight excluding hydrogens is 467 g/mol. The van der Waals surface area contributed by atoms with Crippen LogP contribution in [0.4, 0.5) is 18.9 Å². The highest BCUT2D eigenvalue weighted by Crippen LogP contribution is 2.34. The molecule has 1 amide bonds. The molecule has 0 fully saturated rings. The van der Waals surface area contributed by atoms with Crippen molar-refractivity contribution in [1.29, 1.82) is 0 Å². The van der Waals surface area contributed by atoms with E-state index in [2.05, 4.69) is 15.9 Å². The number of rotatable bonds is 5. The topological polar surface area (TPSA) is 59.8 Å². The van der Waals surface area contributed by atoms with Crippen LogP contribution in [0.2, 0.25) is 0 Å². The number of benzene rings is 1. The Hall–Kier alpha value is -2.81. The predicted molar refractivity (Wildman–Crippen MR) is 107 cm³/mol. The average Bonchev–Trinajstić information content (AvgIpc) is 3.17. The maximum absolute atomic E-state index is 13.2. The Bertz CT molecular complexity index is 1010. The highest BCUT2D eigenvalue weighted by molar-refractivity contribution is 9.10. The Morgan fingerprint density at radius 2 is 1.97 bits per heavy atom. The Morgan fingerprint density at radius 3 is 2.60 bits per heavy atom. The summed E-state index contributed by atoms with van der Waals surface area (Å²) in [6.45, 7) is -0.186. The molecule has 1 aliphatic carbocycles. The molecule has 0 N–H and O–H groups in total. The fourth-order valence-corrected chi connectivity index (χ4v) is 3.39. The molecule has 3 rings (SSSR count). The van der Waals surface area contributed by atoms with Gasteiger partial charge in [-0.05, 0) is 52.2 Å². The maximum Gasteiger partial charge on any atom is 0.395 e. The molecule has 1 unspecified atom stereocenters. The molecule has 2 aromatic rings. The van der Waals surface area contributed by atoms with Crippen LogP contribution in [-0.4, -0.2) is 31.7 Å².